The van der Waals surface area contributed by atoms with Crippen molar-refractivity contribution in [2.24, 2.45) is 5.16 Å². The predicted octanol–water partition coefficient (Wildman–Crippen LogP) is 4.78. The first-order chi connectivity index (χ1) is 13.2. The molecule has 146 valence electrons. The van der Waals surface area contributed by atoms with E-state index < -0.39 is 0 Å². The Morgan fingerprint density at radius 3 is 2.33 bits per heavy atom. The molecule has 0 unspecified atom stereocenters. The zero-order valence-electron chi connectivity index (χ0n) is 16.9. The van der Waals surface area contributed by atoms with Crippen molar-refractivity contribution < 1.29 is 9.57 Å². The first-order valence-corrected chi connectivity index (χ1v) is 9.71. The molecule has 2 rings (SSSR count). The summed E-state index contributed by atoms with van der Waals surface area (Å²) in [7, 11) is 5.82. The Labute approximate surface area is 163 Å². The highest BCUT2D eigenvalue weighted by molar-refractivity contribution is 6.00. The molecule has 0 aliphatic carbocycles. The minimum absolute atomic E-state index is 0.641. The molecule has 0 aromatic heterocycles. The van der Waals surface area contributed by atoms with Gasteiger partial charge in [-0.25, -0.2) is 0 Å². The maximum atomic E-state index is 5.60. The number of oxime groups is 1. The van der Waals surface area contributed by atoms with E-state index in [0.717, 1.165) is 55.7 Å². The molecule has 27 heavy (non-hydrogen) atoms. The van der Waals surface area contributed by atoms with Crippen LogP contribution in [0.25, 0.3) is 0 Å². The largest absolute Gasteiger partial charge is 0.497 e. The molecular formula is C23H32N2O2. The normalized spacial score (nSPS) is 11.6. The van der Waals surface area contributed by atoms with Crippen LogP contribution in [-0.2, 0) is 11.3 Å². The second-order valence-corrected chi connectivity index (χ2v) is 6.95. The summed E-state index contributed by atoms with van der Waals surface area (Å²) < 4.78 is 5.26. The van der Waals surface area contributed by atoms with Crippen LogP contribution in [0.15, 0.2) is 59.8 Å². The fraction of sp³-hybridized carbons (Fsp3) is 0.435. The molecule has 2 aromatic carbocycles. The molecule has 4 heteroatoms. The Bertz CT molecular complexity index is 667. The fourth-order valence-electron chi connectivity index (χ4n) is 2.86. The van der Waals surface area contributed by atoms with Crippen molar-refractivity contribution in [1.29, 1.82) is 0 Å². The van der Waals surface area contributed by atoms with Crippen LogP contribution in [-0.4, -0.2) is 45.0 Å². The van der Waals surface area contributed by atoms with Crippen molar-refractivity contribution in [2.45, 2.75) is 32.1 Å². The molecule has 0 saturated heterocycles. The van der Waals surface area contributed by atoms with E-state index in [1.54, 1.807) is 7.11 Å². The quantitative estimate of drug-likeness (QED) is 0.307. The van der Waals surface area contributed by atoms with Crippen LogP contribution < -0.4 is 4.74 Å². The van der Waals surface area contributed by atoms with Crippen LogP contribution in [0.5, 0.6) is 5.75 Å². The molecule has 2 aromatic rings. The van der Waals surface area contributed by atoms with Crippen molar-refractivity contribution in [3.05, 3.63) is 65.7 Å². The lowest BCUT2D eigenvalue weighted by Crippen LogP contribution is -2.14. The molecule has 0 atom stereocenters. The molecule has 0 spiro atoms. The van der Waals surface area contributed by atoms with Crippen molar-refractivity contribution in [3.63, 3.8) is 0 Å². The second-order valence-electron chi connectivity index (χ2n) is 6.95. The monoisotopic (exact) mass is 368 g/mol. The Morgan fingerprint density at radius 2 is 1.67 bits per heavy atom. The molecule has 0 bridgehead atoms. The van der Waals surface area contributed by atoms with Gasteiger partial charge in [0.25, 0.3) is 0 Å². The summed E-state index contributed by atoms with van der Waals surface area (Å²) in [5.41, 5.74) is 3.50. The van der Waals surface area contributed by atoms with Crippen LogP contribution in [0.4, 0.5) is 0 Å². The van der Waals surface area contributed by atoms with Crippen molar-refractivity contribution in [1.82, 2.24) is 4.90 Å². The van der Waals surface area contributed by atoms with Crippen molar-refractivity contribution >= 4 is 5.71 Å². The summed E-state index contributed by atoms with van der Waals surface area (Å²) in [5, 5.41) is 4.45. The van der Waals surface area contributed by atoms with Crippen molar-refractivity contribution in [2.75, 3.05) is 34.4 Å². The van der Waals surface area contributed by atoms with Crippen molar-refractivity contribution in [3.8, 4) is 5.75 Å². The second kappa shape index (κ2) is 12.1. The van der Waals surface area contributed by atoms with E-state index in [-0.39, 0.29) is 0 Å². The number of unbranched alkanes of at least 4 members (excludes halogenated alkanes) is 1. The van der Waals surface area contributed by atoms with Gasteiger partial charge >= 0.3 is 0 Å². The van der Waals surface area contributed by atoms with Crippen LogP contribution >= 0.6 is 0 Å². The summed E-state index contributed by atoms with van der Waals surface area (Å²) in [4.78, 5) is 7.76. The number of nitrogens with zero attached hydrogens (tertiary/aromatic N) is 2. The Balaban J connectivity index is 1.89. The third-order valence-electron chi connectivity index (χ3n) is 4.41. The first kappa shape index (κ1) is 21.0. The molecule has 0 saturated carbocycles. The van der Waals surface area contributed by atoms with Gasteiger partial charge in [-0.2, -0.15) is 0 Å². The molecule has 0 aliphatic heterocycles. The molecule has 0 N–H and O–H groups in total. The SMILES string of the molecule is COc1ccc(C(CCCCc2ccccc2)=NOCCCN(C)C)cc1. The topological polar surface area (TPSA) is 34.1 Å². The van der Waals surface area contributed by atoms with E-state index >= 15 is 0 Å². The van der Waals surface area contributed by atoms with Crippen LogP contribution in [0.3, 0.4) is 0 Å². The summed E-state index contributed by atoms with van der Waals surface area (Å²) >= 11 is 0. The highest BCUT2D eigenvalue weighted by atomic mass is 16.6. The molecule has 0 fully saturated rings. The molecular weight excluding hydrogens is 336 g/mol. The van der Waals surface area contributed by atoms with Crippen LogP contribution in [0.1, 0.15) is 36.8 Å². The minimum atomic E-state index is 0.641. The van der Waals surface area contributed by atoms with Crippen LogP contribution in [0.2, 0.25) is 0 Å². The molecule has 0 amide bonds. The summed E-state index contributed by atoms with van der Waals surface area (Å²) in [5.74, 6) is 0.856. The first-order valence-electron chi connectivity index (χ1n) is 9.71. The third kappa shape index (κ3) is 8.27. The van der Waals surface area contributed by atoms with E-state index in [1.807, 2.05) is 12.1 Å². The van der Waals surface area contributed by atoms with E-state index in [0.29, 0.717) is 6.61 Å². The average Bonchev–Trinajstić information content (AvgIpc) is 2.70. The number of ether oxygens (including phenoxy) is 1. The minimum Gasteiger partial charge on any atom is -0.497 e. The maximum Gasteiger partial charge on any atom is 0.118 e. The van der Waals surface area contributed by atoms with Gasteiger partial charge in [0, 0.05) is 6.54 Å². The number of hydrogen-bond acceptors (Lipinski definition) is 4. The smallest absolute Gasteiger partial charge is 0.118 e. The van der Waals surface area contributed by atoms with Crippen LogP contribution in [0, 0.1) is 0 Å². The zero-order valence-corrected chi connectivity index (χ0v) is 16.9. The highest BCUT2D eigenvalue weighted by Crippen LogP contribution is 2.16. The Kier molecular flexibility index (Phi) is 9.42. The molecule has 4 nitrogen and oxygen atoms in total. The van der Waals surface area contributed by atoms with Gasteiger partial charge in [-0.1, -0.05) is 35.5 Å². The standard InChI is InChI=1S/C23H32N2O2/c1-25(2)18-9-19-27-24-23(21-14-16-22(26-3)17-15-21)13-8-7-12-20-10-5-4-6-11-20/h4-6,10-11,14-17H,7-9,12-13,18-19H2,1-3H3. The van der Waals surface area contributed by atoms with Gasteiger partial charge < -0.3 is 14.5 Å². The van der Waals surface area contributed by atoms with Gasteiger partial charge in [0.2, 0.25) is 0 Å². The Hall–Kier alpha value is -2.33. The van der Waals surface area contributed by atoms with E-state index in [9.17, 15) is 0 Å². The summed E-state index contributed by atoms with van der Waals surface area (Å²) in [6, 6.07) is 18.7. The average molecular weight is 369 g/mol. The molecule has 0 heterocycles. The van der Waals surface area contributed by atoms with E-state index in [4.69, 9.17) is 9.57 Å². The fourth-order valence-corrected chi connectivity index (χ4v) is 2.86. The molecule has 0 radical (unpaired) electrons. The van der Waals surface area contributed by atoms with Gasteiger partial charge in [0.05, 0.1) is 12.8 Å². The number of benzene rings is 2. The zero-order chi connectivity index (χ0) is 19.3. The van der Waals surface area contributed by atoms with Gasteiger partial charge in [-0.15, -0.1) is 0 Å². The highest BCUT2D eigenvalue weighted by Gasteiger charge is 2.06. The summed E-state index contributed by atoms with van der Waals surface area (Å²) in [6.45, 7) is 1.65. The van der Waals surface area contributed by atoms with Gasteiger partial charge in [-0.05, 0) is 81.6 Å². The maximum absolute atomic E-state index is 5.60. The summed E-state index contributed by atoms with van der Waals surface area (Å²) in [6.07, 6.45) is 5.20. The van der Waals surface area contributed by atoms with E-state index in [1.165, 1.54) is 5.56 Å². The number of hydrogen-bond donors (Lipinski definition) is 0. The lowest BCUT2D eigenvalue weighted by Gasteiger charge is -2.10. The number of aryl methyl sites for hydroxylation is 1. The lowest BCUT2D eigenvalue weighted by molar-refractivity contribution is 0.134. The number of rotatable bonds is 12. The van der Waals surface area contributed by atoms with Gasteiger partial charge in [0.15, 0.2) is 0 Å². The van der Waals surface area contributed by atoms with Gasteiger partial charge in [-0.3, -0.25) is 0 Å². The predicted molar refractivity (Wildman–Crippen MR) is 113 cm³/mol. The lowest BCUT2D eigenvalue weighted by atomic mass is 10.0. The third-order valence-corrected chi connectivity index (χ3v) is 4.41. The Morgan fingerprint density at radius 1 is 0.926 bits per heavy atom. The molecule has 0 aliphatic rings. The number of methoxy groups -OCH3 is 1. The van der Waals surface area contributed by atoms with Gasteiger partial charge in [0.1, 0.15) is 12.4 Å². The van der Waals surface area contributed by atoms with E-state index in [2.05, 4.69) is 66.6 Å².